The Kier molecular flexibility index (Phi) is 5.41. The molecule has 2 aromatic heterocycles. The number of benzene rings is 1. The minimum atomic E-state index is -0.776. The molecule has 9 nitrogen and oxygen atoms in total. The van der Waals surface area contributed by atoms with Crippen molar-refractivity contribution >= 4 is 39.3 Å². The third-order valence-electron chi connectivity index (χ3n) is 4.07. The molecule has 1 amide bonds. The number of carbonyl (C=O) groups excluding carboxylic acids is 2. The van der Waals surface area contributed by atoms with Gasteiger partial charge < -0.3 is 13.7 Å². The van der Waals surface area contributed by atoms with Crippen molar-refractivity contribution in [1.82, 2.24) is 4.57 Å². The maximum Gasteiger partial charge on any atom is 0.433 e. The molecule has 0 bridgehead atoms. The maximum absolute atomic E-state index is 12.4. The summed E-state index contributed by atoms with van der Waals surface area (Å²) < 4.78 is 12.1. The molecule has 0 saturated heterocycles. The van der Waals surface area contributed by atoms with Gasteiger partial charge in [0.2, 0.25) is 5.76 Å². The van der Waals surface area contributed by atoms with Crippen LogP contribution in [-0.4, -0.2) is 28.5 Å². The highest BCUT2D eigenvalue weighted by atomic mass is 32.1. The van der Waals surface area contributed by atoms with E-state index in [9.17, 15) is 19.7 Å². The third-order valence-corrected chi connectivity index (χ3v) is 5.11. The van der Waals surface area contributed by atoms with Gasteiger partial charge in [-0.25, -0.2) is 0 Å². The van der Waals surface area contributed by atoms with Crippen LogP contribution in [0.1, 0.15) is 35.9 Å². The Hall–Kier alpha value is -3.27. The van der Waals surface area contributed by atoms with E-state index in [1.165, 1.54) is 24.5 Å². The summed E-state index contributed by atoms with van der Waals surface area (Å²) in [6.07, 6.45) is 0. The fourth-order valence-electron chi connectivity index (χ4n) is 2.56. The van der Waals surface area contributed by atoms with Gasteiger partial charge in [0.1, 0.15) is 11.5 Å². The van der Waals surface area contributed by atoms with Crippen molar-refractivity contribution < 1.29 is 23.7 Å². The second-order valence-corrected chi connectivity index (χ2v) is 7.25. The smallest absolute Gasteiger partial charge is 0.433 e. The Morgan fingerprint density at radius 1 is 1.32 bits per heavy atom. The van der Waals surface area contributed by atoms with Gasteiger partial charge in [0, 0.05) is 0 Å². The van der Waals surface area contributed by atoms with Crippen molar-refractivity contribution in [3.8, 4) is 0 Å². The van der Waals surface area contributed by atoms with Gasteiger partial charge in [0.15, 0.2) is 4.80 Å². The summed E-state index contributed by atoms with van der Waals surface area (Å²) >= 11 is 1.24. The number of rotatable bonds is 5. The lowest BCUT2D eigenvalue weighted by Crippen LogP contribution is -2.22. The van der Waals surface area contributed by atoms with Crippen LogP contribution in [0.2, 0.25) is 0 Å². The van der Waals surface area contributed by atoms with E-state index >= 15 is 0 Å². The lowest BCUT2D eigenvalue weighted by molar-refractivity contribution is -0.402. The van der Waals surface area contributed by atoms with E-state index in [0.717, 1.165) is 21.8 Å². The van der Waals surface area contributed by atoms with Crippen LogP contribution in [0.5, 0.6) is 0 Å². The first-order valence-electron chi connectivity index (χ1n) is 8.33. The van der Waals surface area contributed by atoms with Crippen molar-refractivity contribution in [2.24, 2.45) is 4.99 Å². The van der Waals surface area contributed by atoms with Gasteiger partial charge in [-0.2, -0.15) is 4.99 Å². The summed E-state index contributed by atoms with van der Waals surface area (Å²) in [4.78, 5) is 38.5. The molecule has 0 fully saturated rings. The minimum absolute atomic E-state index is 0.123. The highest BCUT2D eigenvalue weighted by Crippen LogP contribution is 2.24. The monoisotopic (exact) mass is 403 g/mol. The molecule has 0 aliphatic rings. The van der Waals surface area contributed by atoms with Gasteiger partial charge in [-0.05, 0) is 29.7 Å². The molecule has 10 heteroatoms. The largest absolute Gasteiger partial charge is 0.468 e. The number of furan rings is 1. The minimum Gasteiger partial charge on any atom is -0.468 e. The van der Waals surface area contributed by atoms with Crippen LogP contribution >= 0.6 is 11.3 Å². The van der Waals surface area contributed by atoms with E-state index in [-0.39, 0.29) is 17.1 Å². The standard InChI is InChI=1S/C18H17N3O6S/c1-10(2)11-4-5-12-14(8-11)28-18(20(12)9-16(22)26-3)19-17(23)13-6-7-15(27-13)21(24)25/h4-8,10H,9H2,1-3H3. The highest BCUT2D eigenvalue weighted by Gasteiger charge is 2.18. The van der Waals surface area contributed by atoms with Crippen LogP contribution < -0.4 is 4.80 Å². The van der Waals surface area contributed by atoms with Gasteiger partial charge in [-0.3, -0.25) is 19.7 Å². The summed E-state index contributed by atoms with van der Waals surface area (Å²) in [5.41, 5.74) is 1.84. The van der Waals surface area contributed by atoms with E-state index < -0.39 is 22.7 Å². The lowest BCUT2D eigenvalue weighted by Gasteiger charge is -2.06. The summed E-state index contributed by atoms with van der Waals surface area (Å²) in [7, 11) is 1.28. The van der Waals surface area contributed by atoms with Crippen LogP contribution in [0, 0.1) is 10.1 Å². The van der Waals surface area contributed by atoms with E-state index in [2.05, 4.69) is 18.8 Å². The summed E-state index contributed by atoms with van der Waals surface area (Å²) in [6.45, 7) is 4.01. The lowest BCUT2D eigenvalue weighted by atomic mass is 10.0. The summed E-state index contributed by atoms with van der Waals surface area (Å²) in [5.74, 6) is -1.75. The Labute approximate surface area is 163 Å². The number of nitrogens with zero attached hydrogens (tertiary/aromatic N) is 3. The van der Waals surface area contributed by atoms with E-state index in [1.807, 2.05) is 18.2 Å². The predicted octanol–water partition coefficient (Wildman–Crippen LogP) is 3.24. The molecule has 0 radical (unpaired) electrons. The molecule has 146 valence electrons. The van der Waals surface area contributed by atoms with Crippen molar-refractivity contribution in [3.05, 3.63) is 56.6 Å². The molecule has 3 aromatic rings. The molecular weight excluding hydrogens is 386 g/mol. The number of ether oxygens (including phenoxy) is 1. The third kappa shape index (κ3) is 3.86. The number of fused-ring (bicyclic) bond motifs is 1. The molecule has 0 unspecified atom stereocenters. The number of hydrogen-bond donors (Lipinski definition) is 0. The molecule has 0 saturated carbocycles. The van der Waals surface area contributed by atoms with E-state index in [1.54, 1.807) is 4.57 Å². The molecule has 28 heavy (non-hydrogen) atoms. The van der Waals surface area contributed by atoms with Crippen LogP contribution in [0.4, 0.5) is 5.88 Å². The summed E-state index contributed by atoms with van der Waals surface area (Å²) in [5, 5.41) is 10.7. The Morgan fingerprint density at radius 3 is 2.68 bits per heavy atom. The van der Waals surface area contributed by atoms with Crippen LogP contribution in [0.3, 0.4) is 0 Å². The van der Waals surface area contributed by atoms with Gasteiger partial charge in [-0.1, -0.05) is 31.3 Å². The number of methoxy groups -OCH3 is 1. The molecule has 0 spiro atoms. The highest BCUT2D eigenvalue weighted by molar-refractivity contribution is 7.16. The quantitative estimate of drug-likeness (QED) is 0.367. The second-order valence-electron chi connectivity index (χ2n) is 6.24. The van der Waals surface area contributed by atoms with Crippen molar-refractivity contribution in [3.63, 3.8) is 0 Å². The molecule has 0 atom stereocenters. The Morgan fingerprint density at radius 2 is 2.07 bits per heavy atom. The zero-order valence-electron chi connectivity index (χ0n) is 15.4. The van der Waals surface area contributed by atoms with Gasteiger partial charge in [0.25, 0.3) is 0 Å². The average Bonchev–Trinajstić information content (AvgIpc) is 3.27. The molecular formula is C18H17N3O6S. The molecule has 3 rings (SSSR count). The zero-order chi connectivity index (χ0) is 20.4. The van der Waals surface area contributed by atoms with Gasteiger partial charge in [0.05, 0.1) is 23.4 Å². The topological polar surface area (TPSA) is 117 Å². The SMILES string of the molecule is COC(=O)Cn1c(=NC(=O)c2ccc([N+](=O)[O-])o2)sc2cc(C(C)C)ccc21. The number of amides is 1. The Bertz CT molecular complexity index is 1140. The first-order chi connectivity index (χ1) is 13.3. The first-order valence-corrected chi connectivity index (χ1v) is 9.15. The maximum atomic E-state index is 12.4. The number of thiazole rings is 1. The van der Waals surface area contributed by atoms with Crippen LogP contribution in [0.15, 0.2) is 39.7 Å². The summed E-state index contributed by atoms with van der Waals surface area (Å²) in [6, 6.07) is 8.09. The number of carbonyl (C=O) groups is 2. The fourth-order valence-corrected chi connectivity index (χ4v) is 3.64. The van der Waals surface area contributed by atoms with E-state index in [4.69, 9.17) is 9.15 Å². The van der Waals surface area contributed by atoms with Gasteiger partial charge in [-0.15, -0.1) is 0 Å². The Balaban J connectivity index is 2.12. The zero-order valence-corrected chi connectivity index (χ0v) is 16.2. The van der Waals surface area contributed by atoms with Crippen molar-refractivity contribution in [2.75, 3.05) is 7.11 Å². The normalized spacial score (nSPS) is 11.9. The number of aromatic nitrogens is 1. The first kappa shape index (κ1) is 19.5. The van der Waals surface area contributed by atoms with Crippen molar-refractivity contribution in [2.45, 2.75) is 26.3 Å². The predicted molar refractivity (Wildman–Crippen MR) is 101 cm³/mol. The van der Waals surface area contributed by atoms with E-state index in [0.29, 0.717) is 5.92 Å². The molecule has 1 aromatic carbocycles. The average molecular weight is 403 g/mol. The molecule has 0 N–H and O–H groups in total. The van der Waals surface area contributed by atoms with Crippen LogP contribution in [0.25, 0.3) is 10.2 Å². The second kappa shape index (κ2) is 7.77. The van der Waals surface area contributed by atoms with Gasteiger partial charge >= 0.3 is 17.8 Å². The van der Waals surface area contributed by atoms with Crippen LogP contribution in [-0.2, 0) is 16.1 Å². The fraction of sp³-hybridized carbons (Fsp3) is 0.278. The molecule has 0 aliphatic carbocycles. The molecule has 0 aliphatic heterocycles. The van der Waals surface area contributed by atoms with Crippen molar-refractivity contribution in [1.29, 1.82) is 0 Å². The number of hydrogen-bond acceptors (Lipinski definition) is 7. The number of nitro groups is 1. The number of esters is 1. The molecule has 2 heterocycles.